The highest BCUT2D eigenvalue weighted by molar-refractivity contribution is 5.77. The van der Waals surface area contributed by atoms with Crippen molar-refractivity contribution in [1.82, 2.24) is 5.32 Å². The highest BCUT2D eigenvalue weighted by Crippen LogP contribution is 2.19. The number of allylic oxidation sites excluding steroid dienone is 4. The van der Waals surface area contributed by atoms with E-state index in [0.29, 0.717) is 19.3 Å². The summed E-state index contributed by atoms with van der Waals surface area (Å²) in [5.41, 5.74) is 0. The van der Waals surface area contributed by atoms with E-state index in [1.807, 2.05) is 0 Å². The summed E-state index contributed by atoms with van der Waals surface area (Å²) >= 11 is 0. The molecule has 0 spiro atoms. The third-order valence-electron chi connectivity index (χ3n) is 13.1. The average molecular weight is 889 g/mol. The van der Waals surface area contributed by atoms with Crippen molar-refractivity contribution in [3.8, 4) is 0 Å². The second-order valence-corrected chi connectivity index (χ2v) is 19.4. The highest BCUT2D eigenvalue weighted by atomic mass is 16.5. The molecule has 0 saturated heterocycles. The molecule has 0 aliphatic rings. The molecule has 0 aromatic rings. The first-order valence-corrected chi connectivity index (χ1v) is 28.1. The third-order valence-corrected chi connectivity index (χ3v) is 13.1. The average Bonchev–Trinajstić information content (AvgIpc) is 3.28. The summed E-state index contributed by atoms with van der Waals surface area (Å²) in [6.07, 6.45) is 59.6. The molecule has 3 N–H and O–H groups in total. The zero-order valence-corrected chi connectivity index (χ0v) is 42.5. The van der Waals surface area contributed by atoms with Gasteiger partial charge in [-0.2, -0.15) is 0 Å². The van der Waals surface area contributed by atoms with Crippen molar-refractivity contribution in [2.24, 2.45) is 0 Å². The second kappa shape index (κ2) is 51.3. The van der Waals surface area contributed by atoms with Crippen LogP contribution >= 0.6 is 0 Å². The lowest BCUT2D eigenvalue weighted by atomic mass is 10.0. The number of hydrogen-bond donors (Lipinski definition) is 3. The number of rotatable bonds is 51. The summed E-state index contributed by atoms with van der Waals surface area (Å²) in [6, 6.07) is -0.699. The van der Waals surface area contributed by atoms with E-state index in [1.165, 1.54) is 199 Å². The molecule has 0 saturated carbocycles. The summed E-state index contributed by atoms with van der Waals surface area (Å²) < 4.78 is 5.95. The molecule has 1 amide bonds. The van der Waals surface area contributed by atoms with Gasteiger partial charge in [-0.25, -0.2) is 0 Å². The molecule has 0 radical (unpaired) electrons. The first-order chi connectivity index (χ1) is 31.0. The number of nitrogens with one attached hydrogen (secondary N) is 1. The molecule has 0 bridgehead atoms. The van der Waals surface area contributed by atoms with Crippen molar-refractivity contribution in [3.05, 3.63) is 24.3 Å². The van der Waals surface area contributed by atoms with Gasteiger partial charge in [0, 0.05) is 6.42 Å². The van der Waals surface area contributed by atoms with Crippen molar-refractivity contribution in [2.75, 3.05) is 6.61 Å². The van der Waals surface area contributed by atoms with Gasteiger partial charge < -0.3 is 20.3 Å². The Hall–Kier alpha value is -1.66. The molecule has 372 valence electrons. The Morgan fingerprint density at radius 1 is 0.460 bits per heavy atom. The fourth-order valence-electron chi connectivity index (χ4n) is 8.78. The van der Waals surface area contributed by atoms with Gasteiger partial charge in [0.25, 0.3) is 0 Å². The first kappa shape index (κ1) is 61.3. The van der Waals surface area contributed by atoms with Crippen LogP contribution in [-0.2, 0) is 14.3 Å². The zero-order valence-electron chi connectivity index (χ0n) is 42.5. The largest absolute Gasteiger partial charge is 0.462 e. The Balaban J connectivity index is 4.53. The molecular formula is C57H109NO5. The topological polar surface area (TPSA) is 95.9 Å². The highest BCUT2D eigenvalue weighted by Gasteiger charge is 2.24. The van der Waals surface area contributed by atoms with E-state index in [9.17, 15) is 19.8 Å². The van der Waals surface area contributed by atoms with E-state index in [0.717, 1.165) is 57.8 Å². The number of hydrogen-bond acceptors (Lipinski definition) is 5. The fraction of sp³-hybridized carbons (Fsp3) is 0.895. The first-order valence-electron chi connectivity index (χ1n) is 28.1. The fourth-order valence-corrected chi connectivity index (χ4v) is 8.78. The number of carbonyl (C=O) groups is 2. The zero-order chi connectivity index (χ0) is 45.9. The van der Waals surface area contributed by atoms with Crippen molar-refractivity contribution < 1.29 is 24.5 Å². The van der Waals surface area contributed by atoms with Crippen molar-refractivity contribution in [3.63, 3.8) is 0 Å². The van der Waals surface area contributed by atoms with Gasteiger partial charge in [0.2, 0.25) is 5.91 Å². The van der Waals surface area contributed by atoms with Crippen LogP contribution in [0.4, 0.5) is 0 Å². The van der Waals surface area contributed by atoms with Crippen molar-refractivity contribution >= 4 is 11.9 Å². The normalized spacial score (nSPS) is 13.3. The molecule has 0 heterocycles. The molecule has 0 aromatic heterocycles. The molecular weight excluding hydrogens is 779 g/mol. The standard InChI is InChI=1S/C57H109NO5/c1-4-7-10-13-16-19-21-23-25-27-29-31-33-35-38-41-44-47-50-57(62)63-53(48-45-42-39-37-34-32-30-28-26-24-22-20-17-14-11-8-5-2)51-56(61)58-54(52-59)55(60)49-46-43-40-36-18-15-12-9-6-3/h25,27,29,31,53-55,59-60H,4-24,26,28,30,32-52H2,1-3H3,(H,58,61)/b27-25+,31-29+. The van der Waals surface area contributed by atoms with Gasteiger partial charge in [-0.15, -0.1) is 0 Å². The van der Waals surface area contributed by atoms with Gasteiger partial charge in [-0.1, -0.05) is 263 Å². The van der Waals surface area contributed by atoms with Crippen LogP contribution in [0.25, 0.3) is 0 Å². The van der Waals surface area contributed by atoms with Crippen molar-refractivity contribution in [1.29, 1.82) is 0 Å². The molecule has 0 fully saturated rings. The van der Waals surface area contributed by atoms with Crippen LogP contribution in [0, 0.1) is 0 Å². The molecule has 3 unspecified atom stereocenters. The SMILES string of the molecule is CCCCCCCCC/C=C/C=C/CCCCCCCC(=O)OC(CCCCCCCCCCCCCCCCCCC)CC(=O)NC(CO)C(O)CCCCCCCCCCC. The summed E-state index contributed by atoms with van der Waals surface area (Å²) in [7, 11) is 0. The Labute approximate surface area is 392 Å². The minimum Gasteiger partial charge on any atom is -0.462 e. The maximum Gasteiger partial charge on any atom is 0.306 e. The number of esters is 1. The molecule has 6 heteroatoms. The summed E-state index contributed by atoms with van der Waals surface area (Å²) in [5, 5.41) is 23.7. The predicted octanol–water partition coefficient (Wildman–Crippen LogP) is 17.1. The van der Waals surface area contributed by atoms with Gasteiger partial charge >= 0.3 is 5.97 Å². The van der Waals surface area contributed by atoms with Gasteiger partial charge in [-0.3, -0.25) is 9.59 Å². The number of ether oxygens (including phenoxy) is 1. The van der Waals surface area contributed by atoms with Gasteiger partial charge in [0.05, 0.1) is 25.2 Å². The molecule has 3 atom stereocenters. The van der Waals surface area contributed by atoms with Gasteiger partial charge in [0.15, 0.2) is 0 Å². The smallest absolute Gasteiger partial charge is 0.306 e. The summed E-state index contributed by atoms with van der Waals surface area (Å²) in [6.45, 7) is 6.49. The monoisotopic (exact) mass is 888 g/mol. The van der Waals surface area contributed by atoms with E-state index in [2.05, 4.69) is 50.4 Å². The van der Waals surface area contributed by atoms with Gasteiger partial charge in [-0.05, 0) is 51.4 Å². The lowest BCUT2D eigenvalue weighted by Gasteiger charge is -2.24. The van der Waals surface area contributed by atoms with Crippen LogP contribution in [0.2, 0.25) is 0 Å². The number of aliphatic hydroxyl groups excluding tert-OH is 2. The predicted molar refractivity (Wildman–Crippen MR) is 273 cm³/mol. The molecule has 63 heavy (non-hydrogen) atoms. The van der Waals surface area contributed by atoms with Crippen LogP contribution in [0.3, 0.4) is 0 Å². The maximum atomic E-state index is 13.2. The Bertz CT molecular complexity index is 997. The lowest BCUT2D eigenvalue weighted by Crippen LogP contribution is -2.46. The van der Waals surface area contributed by atoms with Crippen LogP contribution in [0.5, 0.6) is 0 Å². The molecule has 6 nitrogen and oxygen atoms in total. The van der Waals surface area contributed by atoms with Crippen LogP contribution in [0.1, 0.15) is 303 Å². The Morgan fingerprint density at radius 2 is 0.794 bits per heavy atom. The lowest BCUT2D eigenvalue weighted by molar-refractivity contribution is -0.151. The number of unbranched alkanes of at least 4 members (excludes halogenated alkanes) is 36. The van der Waals surface area contributed by atoms with E-state index in [1.54, 1.807) is 0 Å². The van der Waals surface area contributed by atoms with E-state index in [4.69, 9.17) is 4.74 Å². The van der Waals surface area contributed by atoms with E-state index in [-0.39, 0.29) is 24.9 Å². The minimum absolute atomic E-state index is 0.0771. The van der Waals surface area contributed by atoms with Crippen LogP contribution < -0.4 is 5.32 Å². The number of aliphatic hydroxyl groups is 2. The minimum atomic E-state index is -0.785. The molecule has 0 aliphatic carbocycles. The van der Waals surface area contributed by atoms with E-state index < -0.39 is 18.2 Å². The molecule has 0 rings (SSSR count). The quantitative estimate of drug-likeness (QED) is 0.0321. The van der Waals surface area contributed by atoms with Gasteiger partial charge in [0.1, 0.15) is 6.10 Å². The van der Waals surface area contributed by atoms with Crippen LogP contribution in [0.15, 0.2) is 24.3 Å². The Morgan fingerprint density at radius 3 is 1.17 bits per heavy atom. The maximum absolute atomic E-state index is 13.2. The Kier molecular flexibility index (Phi) is 50.0. The van der Waals surface area contributed by atoms with Crippen LogP contribution in [-0.4, -0.2) is 46.9 Å². The summed E-state index contributed by atoms with van der Waals surface area (Å²) in [5.74, 6) is -0.474. The molecule has 0 aliphatic heterocycles. The number of carbonyl (C=O) groups excluding carboxylic acids is 2. The second-order valence-electron chi connectivity index (χ2n) is 19.4. The number of amides is 1. The van der Waals surface area contributed by atoms with E-state index >= 15 is 0 Å². The molecule has 0 aromatic carbocycles. The third kappa shape index (κ3) is 46.7. The summed E-state index contributed by atoms with van der Waals surface area (Å²) in [4.78, 5) is 26.2. The van der Waals surface area contributed by atoms with Crippen molar-refractivity contribution in [2.45, 2.75) is 322 Å².